The maximum absolute atomic E-state index is 12.1. The van der Waals surface area contributed by atoms with E-state index in [2.05, 4.69) is 20.6 Å². The van der Waals surface area contributed by atoms with E-state index in [9.17, 15) is 4.79 Å². The molecule has 0 radical (unpaired) electrons. The molecule has 2 heterocycles. The molecule has 0 spiro atoms. The number of aryl methyl sites for hydroxylation is 3. The van der Waals surface area contributed by atoms with Crippen molar-refractivity contribution < 1.29 is 4.74 Å². The summed E-state index contributed by atoms with van der Waals surface area (Å²) in [5, 5.41) is 14.5. The molecule has 1 aromatic carbocycles. The summed E-state index contributed by atoms with van der Waals surface area (Å²) in [6.45, 7) is 4.15. The van der Waals surface area contributed by atoms with Gasteiger partial charge in [0, 0.05) is 24.4 Å². The van der Waals surface area contributed by atoms with Gasteiger partial charge in [-0.15, -0.1) is 5.10 Å². The molecule has 0 atom stereocenters. The second-order valence-corrected chi connectivity index (χ2v) is 5.05. The van der Waals surface area contributed by atoms with Crippen LogP contribution in [0.3, 0.4) is 0 Å². The van der Waals surface area contributed by atoms with Crippen LogP contribution in [0.25, 0.3) is 5.69 Å². The summed E-state index contributed by atoms with van der Waals surface area (Å²) in [7, 11) is 1.56. The smallest absolute Gasteiger partial charge is 0.368 e. The van der Waals surface area contributed by atoms with Crippen LogP contribution in [0.5, 0.6) is 5.88 Å². The van der Waals surface area contributed by atoms with Crippen LogP contribution in [-0.2, 0) is 13.7 Å². The van der Waals surface area contributed by atoms with Crippen molar-refractivity contribution in [1.82, 2.24) is 30.0 Å². The number of aromatic nitrogens is 6. The van der Waals surface area contributed by atoms with Gasteiger partial charge in [0.1, 0.15) is 6.61 Å². The summed E-state index contributed by atoms with van der Waals surface area (Å²) >= 11 is 0. The van der Waals surface area contributed by atoms with Crippen molar-refractivity contribution >= 4 is 0 Å². The Morgan fingerprint density at radius 1 is 1.27 bits per heavy atom. The molecule has 114 valence electrons. The molecule has 2 aromatic heterocycles. The maximum Gasteiger partial charge on any atom is 0.368 e. The van der Waals surface area contributed by atoms with Crippen LogP contribution in [0, 0.1) is 13.8 Å². The lowest BCUT2D eigenvalue weighted by Crippen LogP contribution is -2.23. The monoisotopic (exact) mass is 300 g/mol. The van der Waals surface area contributed by atoms with Crippen LogP contribution in [-0.4, -0.2) is 30.0 Å². The lowest BCUT2D eigenvalue weighted by atomic mass is 10.1. The normalized spacial score (nSPS) is 10.9. The van der Waals surface area contributed by atoms with Crippen LogP contribution in [0.15, 0.2) is 29.1 Å². The summed E-state index contributed by atoms with van der Waals surface area (Å²) in [6, 6.07) is 7.46. The number of hydrogen-bond donors (Lipinski definition) is 1. The van der Waals surface area contributed by atoms with E-state index >= 15 is 0 Å². The Bertz CT molecular complexity index is 860. The first kappa shape index (κ1) is 14.1. The second-order valence-electron chi connectivity index (χ2n) is 5.05. The van der Waals surface area contributed by atoms with E-state index in [0.717, 1.165) is 16.8 Å². The molecule has 0 aliphatic carbocycles. The maximum atomic E-state index is 12.1. The van der Waals surface area contributed by atoms with Crippen molar-refractivity contribution in [3.05, 3.63) is 51.6 Å². The van der Waals surface area contributed by atoms with E-state index in [1.807, 2.05) is 38.1 Å². The number of nitrogens with one attached hydrogen (secondary N) is 1. The van der Waals surface area contributed by atoms with Gasteiger partial charge in [-0.25, -0.2) is 4.79 Å². The third-order valence-electron chi connectivity index (χ3n) is 3.38. The highest BCUT2D eigenvalue weighted by molar-refractivity contribution is 5.44. The second kappa shape index (κ2) is 5.47. The molecule has 0 amide bonds. The van der Waals surface area contributed by atoms with Gasteiger partial charge in [0.25, 0.3) is 0 Å². The number of H-pyrrole nitrogens is 1. The zero-order valence-corrected chi connectivity index (χ0v) is 12.6. The highest BCUT2D eigenvalue weighted by Gasteiger charge is 2.13. The van der Waals surface area contributed by atoms with Crippen LogP contribution in [0.1, 0.15) is 16.8 Å². The number of ether oxygens (including phenoxy) is 1. The molecule has 8 nitrogen and oxygen atoms in total. The number of nitrogens with zero attached hydrogens (tertiary/aromatic N) is 5. The number of rotatable bonds is 4. The van der Waals surface area contributed by atoms with Gasteiger partial charge in [-0.3, -0.25) is 5.10 Å². The summed E-state index contributed by atoms with van der Waals surface area (Å²) in [4.78, 5) is 12.1. The Labute approximate surface area is 126 Å². The predicted octanol–water partition coefficient (Wildman–Crippen LogP) is 0.885. The van der Waals surface area contributed by atoms with Crippen molar-refractivity contribution in [2.75, 3.05) is 0 Å². The van der Waals surface area contributed by atoms with Gasteiger partial charge in [0.15, 0.2) is 0 Å². The Morgan fingerprint density at radius 2 is 2.09 bits per heavy atom. The number of aromatic amines is 1. The van der Waals surface area contributed by atoms with Gasteiger partial charge in [-0.1, -0.05) is 12.1 Å². The Balaban J connectivity index is 1.96. The summed E-state index contributed by atoms with van der Waals surface area (Å²) in [6.07, 6.45) is 0. The van der Waals surface area contributed by atoms with Gasteiger partial charge >= 0.3 is 5.69 Å². The van der Waals surface area contributed by atoms with E-state index in [1.165, 1.54) is 9.36 Å². The van der Waals surface area contributed by atoms with Gasteiger partial charge in [-0.05, 0) is 35.9 Å². The standard InChI is InChI=1S/C14H16N6O2/c1-9-5-4-6-12(20-14(21)19(3)17-18-20)11(9)8-22-13-7-10(2)15-16-13/h4-7H,8H2,1-3H3,(H,15,16). The fourth-order valence-corrected chi connectivity index (χ4v) is 2.15. The topological polar surface area (TPSA) is 90.6 Å². The fraction of sp³-hybridized carbons (Fsp3) is 0.286. The summed E-state index contributed by atoms with van der Waals surface area (Å²) in [5.74, 6) is 0.512. The minimum atomic E-state index is -0.303. The van der Waals surface area contributed by atoms with Crippen LogP contribution in [0.2, 0.25) is 0 Å². The average Bonchev–Trinajstić information content (AvgIpc) is 3.05. The van der Waals surface area contributed by atoms with E-state index in [1.54, 1.807) is 7.05 Å². The number of tetrazole rings is 1. The molecular weight excluding hydrogens is 284 g/mol. The molecule has 0 fully saturated rings. The molecule has 0 saturated heterocycles. The fourth-order valence-electron chi connectivity index (χ4n) is 2.15. The van der Waals surface area contributed by atoms with Gasteiger partial charge < -0.3 is 4.74 Å². The van der Waals surface area contributed by atoms with Crippen molar-refractivity contribution in [2.24, 2.45) is 7.05 Å². The molecule has 0 aliphatic heterocycles. The number of benzene rings is 1. The van der Waals surface area contributed by atoms with Crippen LogP contribution >= 0.6 is 0 Å². The Morgan fingerprint density at radius 3 is 2.73 bits per heavy atom. The predicted molar refractivity (Wildman–Crippen MR) is 79.0 cm³/mol. The van der Waals surface area contributed by atoms with Gasteiger partial charge in [-0.2, -0.15) is 9.36 Å². The highest BCUT2D eigenvalue weighted by atomic mass is 16.5. The zero-order chi connectivity index (χ0) is 15.7. The quantitative estimate of drug-likeness (QED) is 0.772. The molecule has 0 saturated carbocycles. The van der Waals surface area contributed by atoms with E-state index < -0.39 is 0 Å². The first-order chi connectivity index (χ1) is 10.6. The van der Waals surface area contributed by atoms with Crippen molar-refractivity contribution in [3.63, 3.8) is 0 Å². The van der Waals surface area contributed by atoms with E-state index in [4.69, 9.17) is 4.74 Å². The molecule has 1 N–H and O–H groups in total. The molecule has 0 unspecified atom stereocenters. The number of hydrogen-bond acceptors (Lipinski definition) is 5. The first-order valence-electron chi connectivity index (χ1n) is 6.79. The first-order valence-corrected chi connectivity index (χ1v) is 6.79. The third-order valence-corrected chi connectivity index (χ3v) is 3.38. The largest absolute Gasteiger partial charge is 0.472 e. The Kier molecular flexibility index (Phi) is 3.50. The van der Waals surface area contributed by atoms with Crippen molar-refractivity contribution in [3.8, 4) is 11.6 Å². The minimum absolute atomic E-state index is 0.287. The van der Waals surface area contributed by atoms with Crippen molar-refractivity contribution in [2.45, 2.75) is 20.5 Å². The van der Waals surface area contributed by atoms with E-state index in [-0.39, 0.29) is 12.3 Å². The van der Waals surface area contributed by atoms with Crippen LogP contribution in [0.4, 0.5) is 0 Å². The highest BCUT2D eigenvalue weighted by Crippen LogP contribution is 2.19. The molecule has 3 rings (SSSR count). The lowest BCUT2D eigenvalue weighted by molar-refractivity contribution is 0.292. The minimum Gasteiger partial charge on any atom is -0.472 e. The molecule has 0 aliphatic rings. The Hall–Kier alpha value is -2.90. The molecule has 3 aromatic rings. The molecule has 8 heteroatoms. The zero-order valence-electron chi connectivity index (χ0n) is 12.6. The van der Waals surface area contributed by atoms with Gasteiger partial charge in [0.2, 0.25) is 5.88 Å². The lowest BCUT2D eigenvalue weighted by Gasteiger charge is -2.11. The molecular formula is C14H16N6O2. The summed E-state index contributed by atoms with van der Waals surface area (Å²) in [5.41, 5.74) is 3.14. The van der Waals surface area contributed by atoms with Crippen molar-refractivity contribution in [1.29, 1.82) is 0 Å². The van der Waals surface area contributed by atoms with Gasteiger partial charge in [0.05, 0.1) is 5.69 Å². The third kappa shape index (κ3) is 2.50. The SMILES string of the molecule is Cc1cc(OCc2c(C)cccc2-n2nnn(C)c2=O)n[nH]1. The average molecular weight is 300 g/mol. The molecule has 22 heavy (non-hydrogen) atoms. The van der Waals surface area contributed by atoms with Crippen LogP contribution < -0.4 is 10.4 Å². The molecule has 0 bridgehead atoms. The summed E-state index contributed by atoms with van der Waals surface area (Å²) < 4.78 is 8.14. The van der Waals surface area contributed by atoms with E-state index in [0.29, 0.717) is 11.6 Å².